The molecule has 174 valence electrons. The zero-order valence-electron chi connectivity index (χ0n) is 19.4. The van der Waals surface area contributed by atoms with Crippen molar-refractivity contribution in [2.75, 3.05) is 18.0 Å². The van der Waals surface area contributed by atoms with Crippen LogP contribution in [0.25, 0.3) is 0 Å². The predicted molar refractivity (Wildman–Crippen MR) is 127 cm³/mol. The molecule has 0 spiro atoms. The molecule has 1 heterocycles. The third-order valence-corrected chi connectivity index (χ3v) is 7.27. The number of nitrogens with zero attached hydrogens (tertiary/aromatic N) is 2. The molecule has 1 aromatic heterocycles. The molecule has 0 saturated heterocycles. The molecule has 33 heavy (non-hydrogen) atoms. The highest BCUT2D eigenvalue weighted by atomic mass is 32.2. The van der Waals surface area contributed by atoms with E-state index in [1.165, 1.54) is 31.3 Å². The number of hydrogen-bond donors (Lipinski definition) is 0. The molecule has 0 aliphatic rings. The van der Waals surface area contributed by atoms with Gasteiger partial charge < -0.3 is 9.30 Å². The van der Waals surface area contributed by atoms with Crippen LogP contribution in [0.1, 0.15) is 52.0 Å². The topological polar surface area (TPSA) is 85.7 Å². The smallest absolute Gasteiger partial charge is 0.338 e. The monoisotopic (exact) mass is 468 g/mol. The zero-order valence-corrected chi connectivity index (χ0v) is 20.2. The number of sulfonamides is 1. The average Bonchev–Trinajstić information content (AvgIpc) is 3.11. The number of hydrogen-bond acceptors (Lipinski definition) is 5. The molecule has 0 amide bonds. The van der Waals surface area contributed by atoms with Crippen molar-refractivity contribution < 1.29 is 22.7 Å². The number of benzene rings is 2. The molecule has 0 unspecified atom stereocenters. The largest absolute Gasteiger partial charge is 0.454 e. The van der Waals surface area contributed by atoms with Gasteiger partial charge in [0.25, 0.3) is 10.0 Å². The van der Waals surface area contributed by atoms with Crippen LogP contribution in [0.2, 0.25) is 0 Å². The van der Waals surface area contributed by atoms with Gasteiger partial charge in [-0.1, -0.05) is 24.3 Å². The SMILES string of the molecule is Cc1cc(C(=O)COC(=O)c2cccc(S(=O)(=O)N(C)c3ccccc3)c2)c(C)n1C(C)C. The van der Waals surface area contributed by atoms with Gasteiger partial charge in [0.05, 0.1) is 16.1 Å². The van der Waals surface area contributed by atoms with Gasteiger partial charge in [-0.2, -0.15) is 0 Å². The summed E-state index contributed by atoms with van der Waals surface area (Å²) in [5.74, 6) is -1.07. The van der Waals surface area contributed by atoms with Crippen molar-refractivity contribution >= 4 is 27.5 Å². The molecule has 2 aromatic carbocycles. The number of aromatic nitrogens is 1. The van der Waals surface area contributed by atoms with Gasteiger partial charge in [0.1, 0.15) is 0 Å². The number of rotatable bonds is 8. The summed E-state index contributed by atoms with van der Waals surface area (Å²) in [5.41, 5.74) is 2.83. The van der Waals surface area contributed by atoms with Crippen LogP contribution < -0.4 is 4.31 Å². The normalized spacial score (nSPS) is 11.5. The first kappa shape index (κ1) is 24.3. The Kier molecular flexibility index (Phi) is 7.07. The maximum Gasteiger partial charge on any atom is 0.338 e. The summed E-state index contributed by atoms with van der Waals surface area (Å²) in [5, 5.41) is 0. The van der Waals surface area contributed by atoms with E-state index in [9.17, 15) is 18.0 Å². The first-order valence-corrected chi connectivity index (χ1v) is 12.0. The van der Waals surface area contributed by atoms with Gasteiger partial charge in [-0.25, -0.2) is 13.2 Å². The fourth-order valence-corrected chi connectivity index (χ4v) is 5.11. The molecule has 0 saturated carbocycles. The lowest BCUT2D eigenvalue weighted by Gasteiger charge is -2.19. The van der Waals surface area contributed by atoms with Crippen LogP contribution in [0.5, 0.6) is 0 Å². The lowest BCUT2D eigenvalue weighted by atomic mass is 10.1. The van der Waals surface area contributed by atoms with Crippen LogP contribution in [0.4, 0.5) is 5.69 Å². The Bertz CT molecular complexity index is 1280. The molecular formula is C25H28N2O5S. The quantitative estimate of drug-likeness (QED) is 0.358. The number of esters is 1. The van der Waals surface area contributed by atoms with Crippen LogP contribution in [0.3, 0.4) is 0 Å². The second-order valence-corrected chi connectivity index (χ2v) is 10.1. The van der Waals surface area contributed by atoms with Gasteiger partial charge in [-0.15, -0.1) is 0 Å². The van der Waals surface area contributed by atoms with Crippen LogP contribution >= 0.6 is 0 Å². The second kappa shape index (κ2) is 9.62. The minimum absolute atomic E-state index is 0.0462. The molecule has 0 N–H and O–H groups in total. The molecule has 0 bridgehead atoms. The average molecular weight is 469 g/mol. The molecule has 0 atom stereocenters. The van der Waals surface area contributed by atoms with Crippen LogP contribution in [0, 0.1) is 13.8 Å². The van der Waals surface area contributed by atoms with Gasteiger partial charge in [0, 0.05) is 30.0 Å². The molecule has 0 fully saturated rings. The van der Waals surface area contributed by atoms with Gasteiger partial charge in [-0.05, 0) is 64.1 Å². The van der Waals surface area contributed by atoms with E-state index in [1.807, 2.05) is 32.3 Å². The van der Waals surface area contributed by atoms with Crippen molar-refractivity contribution in [2.24, 2.45) is 0 Å². The van der Waals surface area contributed by atoms with E-state index < -0.39 is 22.6 Å². The molecule has 0 aliphatic heterocycles. The second-order valence-electron chi connectivity index (χ2n) is 8.08. The summed E-state index contributed by atoms with van der Waals surface area (Å²) < 4.78 is 34.4. The Hall–Kier alpha value is -3.39. The lowest BCUT2D eigenvalue weighted by molar-refractivity contribution is 0.0474. The van der Waals surface area contributed by atoms with E-state index in [1.54, 1.807) is 36.4 Å². The Labute approximate surface area is 194 Å². The Morgan fingerprint density at radius 2 is 1.67 bits per heavy atom. The number of ether oxygens (including phenoxy) is 1. The Morgan fingerprint density at radius 3 is 2.27 bits per heavy atom. The van der Waals surface area contributed by atoms with Crippen molar-refractivity contribution in [2.45, 2.75) is 38.6 Å². The highest BCUT2D eigenvalue weighted by molar-refractivity contribution is 7.92. The van der Waals surface area contributed by atoms with Crippen molar-refractivity contribution in [3.8, 4) is 0 Å². The van der Waals surface area contributed by atoms with E-state index in [2.05, 4.69) is 0 Å². The van der Waals surface area contributed by atoms with Crippen molar-refractivity contribution in [3.63, 3.8) is 0 Å². The van der Waals surface area contributed by atoms with Gasteiger partial charge >= 0.3 is 5.97 Å². The van der Waals surface area contributed by atoms with E-state index in [4.69, 9.17) is 4.74 Å². The number of ketones is 1. The van der Waals surface area contributed by atoms with E-state index in [-0.39, 0.29) is 22.3 Å². The van der Waals surface area contributed by atoms with E-state index in [0.29, 0.717) is 11.3 Å². The summed E-state index contributed by atoms with van der Waals surface area (Å²) in [6, 6.07) is 16.2. The van der Waals surface area contributed by atoms with Crippen LogP contribution in [0.15, 0.2) is 65.6 Å². The zero-order chi connectivity index (χ0) is 24.3. The molecule has 7 nitrogen and oxygen atoms in total. The standard InChI is InChI=1S/C25H28N2O5S/c1-17(2)27-18(3)14-23(19(27)4)24(28)16-32-25(29)20-10-9-13-22(15-20)33(30,31)26(5)21-11-7-6-8-12-21/h6-15,17H,16H2,1-5H3. The fraction of sp³-hybridized carbons (Fsp3) is 0.280. The molecule has 3 aromatic rings. The van der Waals surface area contributed by atoms with Gasteiger partial charge in [0.2, 0.25) is 5.78 Å². The number of Topliss-reactive ketones (excluding diaryl/α,β-unsaturated/α-hetero) is 1. The Balaban J connectivity index is 1.75. The van der Waals surface area contributed by atoms with Gasteiger partial charge in [0.15, 0.2) is 6.61 Å². The summed E-state index contributed by atoms with van der Waals surface area (Å²) in [7, 11) is -2.44. The minimum Gasteiger partial charge on any atom is -0.454 e. The Morgan fingerprint density at radius 1 is 1.00 bits per heavy atom. The molecule has 8 heteroatoms. The van der Waals surface area contributed by atoms with Crippen molar-refractivity contribution in [1.82, 2.24) is 4.57 Å². The molecule has 0 aliphatic carbocycles. The van der Waals surface area contributed by atoms with Crippen LogP contribution in [-0.2, 0) is 14.8 Å². The molecular weight excluding hydrogens is 440 g/mol. The maximum atomic E-state index is 13.0. The summed E-state index contributed by atoms with van der Waals surface area (Å²) in [6.07, 6.45) is 0. The maximum absolute atomic E-state index is 13.0. The number of aryl methyl sites for hydroxylation is 1. The number of anilines is 1. The van der Waals surface area contributed by atoms with Crippen LogP contribution in [-0.4, -0.2) is 38.4 Å². The van der Waals surface area contributed by atoms with Gasteiger partial charge in [-0.3, -0.25) is 9.10 Å². The summed E-state index contributed by atoms with van der Waals surface area (Å²) >= 11 is 0. The molecule has 3 rings (SSSR count). The first-order chi connectivity index (χ1) is 15.5. The van der Waals surface area contributed by atoms with E-state index in [0.717, 1.165) is 15.7 Å². The summed E-state index contributed by atoms with van der Waals surface area (Å²) in [4.78, 5) is 25.2. The highest BCUT2D eigenvalue weighted by Crippen LogP contribution is 2.23. The summed E-state index contributed by atoms with van der Waals surface area (Å²) in [6.45, 7) is 7.42. The highest BCUT2D eigenvalue weighted by Gasteiger charge is 2.23. The number of carbonyl (C=O) groups is 2. The fourth-order valence-electron chi connectivity index (χ4n) is 3.86. The predicted octanol–water partition coefficient (Wildman–Crippen LogP) is 4.55. The third kappa shape index (κ3) is 5.01. The minimum atomic E-state index is -3.88. The lowest BCUT2D eigenvalue weighted by Crippen LogP contribution is -2.26. The van der Waals surface area contributed by atoms with E-state index >= 15 is 0 Å². The number of carbonyl (C=O) groups excluding carboxylic acids is 2. The number of para-hydroxylation sites is 1. The molecule has 0 radical (unpaired) electrons. The van der Waals surface area contributed by atoms with Crippen molar-refractivity contribution in [3.05, 3.63) is 83.2 Å². The first-order valence-electron chi connectivity index (χ1n) is 10.6. The third-order valence-electron chi connectivity index (χ3n) is 5.48. The van der Waals surface area contributed by atoms with Crippen molar-refractivity contribution in [1.29, 1.82) is 0 Å².